The van der Waals surface area contributed by atoms with Crippen LogP contribution < -0.4 is 4.74 Å². The van der Waals surface area contributed by atoms with Crippen LogP contribution in [0.5, 0.6) is 5.75 Å². The fourth-order valence-electron chi connectivity index (χ4n) is 4.85. The monoisotopic (exact) mass is 516 g/mol. The molecule has 0 aliphatic rings. The van der Waals surface area contributed by atoms with Crippen molar-refractivity contribution in [3.8, 4) is 28.0 Å². The van der Waals surface area contributed by atoms with E-state index in [1.54, 1.807) is 12.1 Å². The van der Waals surface area contributed by atoms with Crippen LogP contribution in [0.1, 0.15) is 97.0 Å². The molecular formula is C35H45FO2. The number of hydrogen-bond acceptors (Lipinski definition) is 2. The van der Waals surface area contributed by atoms with Gasteiger partial charge in [-0.1, -0.05) is 126 Å². The van der Waals surface area contributed by atoms with Crippen molar-refractivity contribution in [2.24, 2.45) is 0 Å². The van der Waals surface area contributed by atoms with Gasteiger partial charge in [0.1, 0.15) is 5.75 Å². The summed E-state index contributed by atoms with van der Waals surface area (Å²) in [6.07, 6.45) is 12.9. The number of rotatable bonds is 16. The van der Waals surface area contributed by atoms with Crippen molar-refractivity contribution in [2.75, 3.05) is 0 Å². The molecule has 38 heavy (non-hydrogen) atoms. The van der Waals surface area contributed by atoms with Gasteiger partial charge in [-0.25, -0.2) is 9.18 Å². The van der Waals surface area contributed by atoms with E-state index in [9.17, 15) is 9.18 Å². The quantitative estimate of drug-likeness (QED) is 0.107. The number of ether oxygens (including phenoxy) is 1. The zero-order chi connectivity index (χ0) is 27.2. The highest BCUT2D eigenvalue weighted by Gasteiger charge is 2.34. The first-order chi connectivity index (χ1) is 18.4. The molecule has 0 aliphatic heterocycles. The van der Waals surface area contributed by atoms with Gasteiger partial charge in [-0.05, 0) is 72.6 Å². The summed E-state index contributed by atoms with van der Waals surface area (Å²) in [5.74, 6) is -0.448. The Hall–Kier alpha value is -2.94. The Labute approximate surface area is 229 Å². The summed E-state index contributed by atoms with van der Waals surface area (Å²) in [6.45, 7) is 5.69. The van der Waals surface area contributed by atoms with Crippen LogP contribution in [0, 0.1) is 0 Å². The second kappa shape index (κ2) is 15.5. The van der Waals surface area contributed by atoms with Crippen LogP contribution in [0.15, 0.2) is 72.8 Å². The predicted molar refractivity (Wildman–Crippen MR) is 158 cm³/mol. The largest absolute Gasteiger partial charge is 0.424 e. The zero-order valence-electron chi connectivity index (χ0n) is 23.6. The van der Waals surface area contributed by atoms with E-state index in [1.165, 1.54) is 56.6 Å². The summed E-state index contributed by atoms with van der Waals surface area (Å²) in [5.41, 5.74) is 3.89. The third-order valence-corrected chi connectivity index (χ3v) is 7.31. The van der Waals surface area contributed by atoms with E-state index in [4.69, 9.17) is 4.74 Å². The van der Waals surface area contributed by atoms with E-state index >= 15 is 0 Å². The van der Waals surface area contributed by atoms with Crippen LogP contribution in [0.2, 0.25) is 0 Å². The number of aryl methyl sites for hydroxylation is 1. The maximum atomic E-state index is 14.9. The van der Waals surface area contributed by atoms with Crippen molar-refractivity contribution in [3.63, 3.8) is 0 Å². The highest BCUT2D eigenvalue weighted by atomic mass is 19.1. The standard InChI is InChI=1S/C35H45FO2/c1-4-6-8-10-11-12-16-28-19-21-29(22-20-28)32-17-13-14-18-33(32)30-23-25-31(26-24-30)38-34(37)35(3,36)27-15-9-7-5-2/h13-14,17-26H,4-12,15-16,27H2,1-3H3. The Morgan fingerprint density at radius 3 is 1.76 bits per heavy atom. The van der Waals surface area contributed by atoms with E-state index in [-0.39, 0.29) is 6.42 Å². The van der Waals surface area contributed by atoms with Gasteiger partial charge in [0.2, 0.25) is 5.67 Å². The number of unbranched alkanes of at least 4 members (excludes halogenated alkanes) is 8. The van der Waals surface area contributed by atoms with Crippen molar-refractivity contribution in [1.29, 1.82) is 0 Å². The minimum Gasteiger partial charge on any atom is -0.424 e. The minimum atomic E-state index is -1.97. The molecule has 2 nitrogen and oxygen atoms in total. The second-order valence-electron chi connectivity index (χ2n) is 10.7. The highest BCUT2D eigenvalue weighted by Crippen LogP contribution is 2.33. The Morgan fingerprint density at radius 2 is 1.18 bits per heavy atom. The molecule has 3 rings (SSSR count). The lowest BCUT2D eigenvalue weighted by Gasteiger charge is -2.18. The Kier molecular flexibility index (Phi) is 12.1. The average Bonchev–Trinajstić information content (AvgIpc) is 2.94. The number of halogens is 1. The molecule has 3 heteroatoms. The fourth-order valence-corrected chi connectivity index (χ4v) is 4.85. The molecule has 0 aromatic heterocycles. The number of alkyl halides is 1. The summed E-state index contributed by atoms with van der Waals surface area (Å²) in [5, 5.41) is 0. The van der Waals surface area contributed by atoms with Crippen molar-refractivity contribution in [1.82, 2.24) is 0 Å². The van der Waals surface area contributed by atoms with Crippen molar-refractivity contribution in [2.45, 2.75) is 103 Å². The summed E-state index contributed by atoms with van der Waals surface area (Å²) < 4.78 is 20.3. The third-order valence-electron chi connectivity index (χ3n) is 7.31. The lowest BCUT2D eigenvalue weighted by atomic mass is 9.93. The summed E-state index contributed by atoms with van der Waals surface area (Å²) in [7, 11) is 0. The van der Waals surface area contributed by atoms with Gasteiger partial charge in [-0.3, -0.25) is 0 Å². The van der Waals surface area contributed by atoms with Crippen molar-refractivity contribution in [3.05, 3.63) is 78.4 Å². The minimum absolute atomic E-state index is 0.190. The highest BCUT2D eigenvalue weighted by molar-refractivity contribution is 5.84. The van der Waals surface area contributed by atoms with Gasteiger partial charge >= 0.3 is 5.97 Å². The van der Waals surface area contributed by atoms with E-state index in [0.29, 0.717) is 12.2 Å². The molecule has 3 aromatic rings. The molecule has 0 radical (unpaired) electrons. The lowest BCUT2D eigenvalue weighted by molar-refractivity contribution is -0.147. The first kappa shape index (κ1) is 29.6. The van der Waals surface area contributed by atoms with Gasteiger partial charge in [-0.15, -0.1) is 0 Å². The normalized spacial score (nSPS) is 12.7. The van der Waals surface area contributed by atoms with Crippen LogP contribution in [-0.2, 0) is 11.2 Å². The van der Waals surface area contributed by atoms with Crippen LogP contribution in [0.25, 0.3) is 22.3 Å². The first-order valence-electron chi connectivity index (χ1n) is 14.6. The van der Waals surface area contributed by atoms with Crippen LogP contribution in [0.4, 0.5) is 4.39 Å². The smallest absolute Gasteiger partial charge is 0.348 e. The van der Waals surface area contributed by atoms with Gasteiger partial charge in [0, 0.05) is 0 Å². The molecule has 0 spiro atoms. The molecule has 0 fully saturated rings. The van der Waals surface area contributed by atoms with Crippen LogP contribution in [0.3, 0.4) is 0 Å². The van der Waals surface area contributed by atoms with Crippen LogP contribution >= 0.6 is 0 Å². The van der Waals surface area contributed by atoms with E-state index in [0.717, 1.165) is 42.4 Å². The molecule has 0 saturated heterocycles. The Morgan fingerprint density at radius 1 is 0.684 bits per heavy atom. The number of esters is 1. The first-order valence-corrected chi connectivity index (χ1v) is 14.6. The molecule has 0 saturated carbocycles. The van der Waals surface area contributed by atoms with Gasteiger partial charge in [-0.2, -0.15) is 0 Å². The number of hydrogen-bond donors (Lipinski definition) is 0. The SMILES string of the molecule is CCCCCCCCc1ccc(-c2ccccc2-c2ccc(OC(=O)C(C)(F)CCCCCC)cc2)cc1. The fraction of sp³-hybridized carbons (Fsp3) is 0.457. The third kappa shape index (κ3) is 9.11. The Bertz CT molecular complexity index is 1100. The molecule has 0 aliphatic carbocycles. The van der Waals surface area contributed by atoms with Gasteiger partial charge in [0.15, 0.2) is 0 Å². The molecule has 1 unspecified atom stereocenters. The molecule has 0 heterocycles. The number of carbonyl (C=O) groups is 1. The summed E-state index contributed by atoms with van der Waals surface area (Å²) >= 11 is 0. The van der Waals surface area contributed by atoms with Gasteiger partial charge in [0.25, 0.3) is 0 Å². The zero-order valence-corrected chi connectivity index (χ0v) is 23.6. The second-order valence-corrected chi connectivity index (χ2v) is 10.7. The predicted octanol–water partition coefficient (Wildman–Crippen LogP) is 10.5. The molecule has 0 amide bonds. The lowest BCUT2D eigenvalue weighted by Crippen LogP contribution is -2.34. The van der Waals surface area contributed by atoms with Crippen molar-refractivity contribution >= 4 is 5.97 Å². The number of benzene rings is 3. The molecule has 0 bridgehead atoms. The summed E-state index contributed by atoms with van der Waals surface area (Å²) in [4.78, 5) is 12.4. The van der Waals surface area contributed by atoms with Gasteiger partial charge < -0.3 is 4.74 Å². The summed E-state index contributed by atoms with van der Waals surface area (Å²) in [6, 6.07) is 24.6. The van der Waals surface area contributed by atoms with E-state index in [2.05, 4.69) is 56.3 Å². The van der Waals surface area contributed by atoms with Crippen LogP contribution in [-0.4, -0.2) is 11.6 Å². The molecule has 1 atom stereocenters. The van der Waals surface area contributed by atoms with E-state index < -0.39 is 11.6 Å². The average molecular weight is 517 g/mol. The Balaban J connectivity index is 1.62. The molecule has 204 valence electrons. The molecule has 3 aromatic carbocycles. The topological polar surface area (TPSA) is 26.3 Å². The maximum Gasteiger partial charge on any atom is 0.348 e. The van der Waals surface area contributed by atoms with E-state index in [1.807, 2.05) is 18.2 Å². The number of carbonyl (C=O) groups excluding carboxylic acids is 1. The van der Waals surface area contributed by atoms with Gasteiger partial charge in [0.05, 0.1) is 0 Å². The molecule has 0 N–H and O–H groups in total. The van der Waals surface area contributed by atoms with Crippen molar-refractivity contribution < 1.29 is 13.9 Å². The molecular weight excluding hydrogens is 471 g/mol. The maximum absolute atomic E-state index is 14.9.